The number of carbonyl (C=O) groups is 2. The van der Waals surface area contributed by atoms with Gasteiger partial charge < -0.3 is 19.7 Å². The van der Waals surface area contributed by atoms with Crippen molar-refractivity contribution in [2.45, 2.75) is 31.8 Å². The Kier molecular flexibility index (Phi) is 7.87. The molecule has 0 aliphatic carbocycles. The molecule has 1 N–H and O–H groups in total. The van der Waals surface area contributed by atoms with E-state index in [0.717, 1.165) is 25.9 Å². The summed E-state index contributed by atoms with van der Waals surface area (Å²) in [6.45, 7) is 7.05. The van der Waals surface area contributed by atoms with E-state index in [4.69, 9.17) is 6.42 Å². The van der Waals surface area contributed by atoms with Crippen molar-refractivity contribution in [3.8, 4) is 12.3 Å². The Hall–Kier alpha value is -2.77. The lowest BCUT2D eigenvalue weighted by atomic mass is 9.73. The zero-order valence-electron chi connectivity index (χ0n) is 22.3. The lowest BCUT2D eigenvalue weighted by Gasteiger charge is -2.60. The standard InChI is InChI=1S/C29H37N5O3S/c1-4-14-30-28(36)33-20-29(21-33)18-32(19-29)27(35)17-34(38(3)37)24-12-15-31(16-13-24)22(2)25-11-7-9-23-8-5-6-10-26(23)25/h1,5-11,22,24H,12-21H2,2-3H3,(H,30,36). The lowest BCUT2D eigenvalue weighted by Crippen LogP contribution is -2.75. The molecule has 2 atom stereocenters. The predicted octanol–water partition coefficient (Wildman–Crippen LogP) is 2.45. The minimum Gasteiger partial charge on any atom is -0.598 e. The van der Waals surface area contributed by atoms with Crippen molar-refractivity contribution in [1.82, 2.24) is 24.3 Å². The first kappa shape index (κ1) is 26.8. The van der Waals surface area contributed by atoms with E-state index in [2.05, 4.69) is 65.5 Å². The van der Waals surface area contributed by atoms with Gasteiger partial charge in [0.15, 0.2) is 0 Å². The third-order valence-electron chi connectivity index (χ3n) is 8.44. The predicted molar refractivity (Wildman–Crippen MR) is 151 cm³/mol. The number of amides is 3. The number of hydrogen-bond donors (Lipinski definition) is 1. The van der Waals surface area contributed by atoms with E-state index in [1.54, 1.807) is 11.2 Å². The summed E-state index contributed by atoms with van der Waals surface area (Å²) in [4.78, 5) is 31.2. The Bertz CT molecular complexity index is 1200. The van der Waals surface area contributed by atoms with Crippen LogP contribution in [0.5, 0.6) is 0 Å². The molecule has 0 radical (unpaired) electrons. The fourth-order valence-electron chi connectivity index (χ4n) is 6.32. The molecule has 0 saturated carbocycles. The van der Waals surface area contributed by atoms with Crippen LogP contribution in [0.25, 0.3) is 10.8 Å². The Morgan fingerprint density at radius 2 is 1.79 bits per heavy atom. The van der Waals surface area contributed by atoms with Gasteiger partial charge in [-0.15, -0.1) is 10.7 Å². The average molecular weight is 536 g/mol. The average Bonchev–Trinajstić information content (AvgIpc) is 2.88. The molecule has 0 aromatic heterocycles. The van der Waals surface area contributed by atoms with Crippen LogP contribution in [0.2, 0.25) is 0 Å². The normalized spacial score (nSPS) is 21.0. The summed E-state index contributed by atoms with van der Waals surface area (Å²) in [5, 5.41) is 5.23. The number of nitrogens with one attached hydrogen (secondary N) is 1. The van der Waals surface area contributed by atoms with Gasteiger partial charge in [-0.25, -0.2) is 4.79 Å². The molecule has 0 bridgehead atoms. The zero-order valence-corrected chi connectivity index (χ0v) is 23.1. The van der Waals surface area contributed by atoms with E-state index in [0.29, 0.717) is 26.2 Å². The largest absolute Gasteiger partial charge is 0.598 e. The van der Waals surface area contributed by atoms with E-state index in [1.165, 1.54) is 16.3 Å². The second kappa shape index (κ2) is 11.1. The first-order valence-electron chi connectivity index (χ1n) is 13.4. The van der Waals surface area contributed by atoms with Gasteiger partial charge in [0.2, 0.25) is 5.91 Å². The molecule has 8 nitrogen and oxygen atoms in total. The molecule has 3 amide bonds. The summed E-state index contributed by atoms with van der Waals surface area (Å²) in [5.74, 6) is 2.43. The highest BCUT2D eigenvalue weighted by molar-refractivity contribution is 7.88. The topological polar surface area (TPSA) is 82.2 Å². The van der Waals surface area contributed by atoms with Crippen LogP contribution in [-0.4, -0.2) is 100 Å². The highest BCUT2D eigenvalue weighted by Crippen LogP contribution is 2.40. The van der Waals surface area contributed by atoms with E-state index >= 15 is 0 Å². The van der Waals surface area contributed by atoms with Crippen LogP contribution >= 0.6 is 0 Å². The quantitative estimate of drug-likeness (QED) is 0.435. The minimum absolute atomic E-state index is 0.00241. The smallest absolute Gasteiger partial charge is 0.318 e. The van der Waals surface area contributed by atoms with Crippen molar-refractivity contribution in [2.75, 3.05) is 58.6 Å². The Balaban J connectivity index is 1.11. The monoisotopic (exact) mass is 535 g/mol. The molecule has 3 fully saturated rings. The van der Waals surface area contributed by atoms with Crippen molar-refractivity contribution >= 4 is 34.1 Å². The van der Waals surface area contributed by atoms with Crippen LogP contribution in [-0.2, 0) is 16.2 Å². The molecule has 2 unspecified atom stereocenters. The Labute approximate surface area is 228 Å². The second-order valence-electron chi connectivity index (χ2n) is 11.0. The van der Waals surface area contributed by atoms with E-state index < -0.39 is 11.4 Å². The molecule has 2 aromatic carbocycles. The number of piperidine rings is 1. The van der Waals surface area contributed by atoms with E-state index in [1.807, 2.05) is 9.21 Å². The molecular formula is C29H37N5O3S. The van der Waals surface area contributed by atoms with Crippen molar-refractivity contribution in [2.24, 2.45) is 5.41 Å². The van der Waals surface area contributed by atoms with Gasteiger partial charge in [-0.2, -0.15) is 0 Å². The first-order chi connectivity index (χ1) is 18.3. The van der Waals surface area contributed by atoms with Crippen LogP contribution in [0, 0.1) is 17.8 Å². The minimum atomic E-state index is -1.22. The lowest BCUT2D eigenvalue weighted by molar-refractivity contribution is -0.154. The van der Waals surface area contributed by atoms with Crippen LogP contribution in [0.1, 0.15) is 31.4 Å². The summed E-state index contributed by atoms with van der Waals surface area (Å²) >= 11 is -1.22. The maximum atomic E-state index is 13.1. The molecule has 5 rings (SSSR count). The molecule has 3 heterocycles. The number of urea groups is 1. The molecule has 1 spiro atoms. The number of rotatable bonds is 7. The molecule has 9 heteroatoms. The first-order valence-corrected chi connectivity index (χ1v) is 14.9. The Morgan fingerprint density at radius 1 is 1.13 bits per heavy atom. The summed E-state index contributed by atoms with van der Waals surface area (Å²) < 4.78 is 14.6. The highest BCUT2D eigenvalue weighted by atomic mass is 32.2. The van der Waals surface area contributed by atoms with Crippen molar-refractivity contribution in [3.05, 3.63) is 48.0 Å². The fraction of sp³-hybridized carbons (Fsp3) is 0.517. The number of hydrogen-bond acceptors (Lipinski definition) is 5. The van der Waals surface area contributed by atoms with Gasteiger partial charge in [-0.05, 0) is 36.1 Å². The van der Waals surface area contributed by atoms with Gasteiger partial charge in [-0.3, -0.25) is 9.69 Å². The van der Waals surface area contributed by atoms with Gasteiger partial charge in [-0.1, -0.05) is 48.4 Å². The van der Waals surface area contributed by atoms with Gasteiger partial charge in [0.1, 0.15) is 12.8 Å². The van der Waals surface area contributed by atoms with Crippen molar-refractivity contribution in [3.63, 3.8) is 0 Å². The summed E-state index contributed by atoms with van der Waals surface area (Å²) in [7, 11) is 0. The van der Waals surface area contributed by atoms with Gasteiger partial charge in [0.25, 0.3) is 0 Å². The number of terminal acetylenes is 1. The maximum absolute atomic E-state index is 13.1. The fourth-order valence-corrected chi connectivity index (χ4v) is 7.24. The molecular weight excluding hydrogens is 498 g/mol. The van der Waals surface area contributed by atoms with Gasteiger partial charge in [0, 0.05) is 62.1 Å². The van der Waals surface area contributed by atoms with Crippen LogP contribution in [0.3, 0.4) is 0 Å². The Morgan fingerprint density at radius 3 is 2.47 bits per heavy atom. The third-order valence-corrected chi connectivity index (χ3v) is 9.52. The molecule has 3 aliphatic heterocycles. The number of likely N-dealkylation sites (tertiary alicyclic amines) is 3. The summed E-state index contributed by atoms with van der Waals surface area (Å²) in [5.41, 5.74) is 1.34. The number of carbonyl (C=O) groups excluding carboxylic acids is 2. The van der Waals surface area contributed by atoms with E-state index in [-0.39, 0.29) is 42.5 Å². The highest BCUT2D eigenvalue weighted by Gasteiger charge is 2.54. The molecule has 3 saturated heterocycles. The van der Waals surface area contributed by atoms with E-state index in [9.17, 15) is 14.1 Å². The third kappa shape index (κ3) is 5.36. The van der Waals surface area contributed by atoms with Crippen LogP contribution in [0.4, 0.5) is 4.79 Å². The number of fused-ring (bicyclic) bond motifs is 1. The van der Waals surface area contributed by atoms with Crippen LogP contribution in [0.15, 0.2) is 42.5 Å². The van der Waals surface area contributed by atoms with Crippen molar-refractivity contribution in [1.29, 1.82) is 0 Å². The number of nitrogens with zero attached hydrogens (tertiary/aromatic N) is 4. The molecule has 202 valence electrons. The SMILES string of the molecule is C#CCNC(=O)N1CC2(CN(C(=O)CN(C3CCN(C(C)c4cccc5ccccc45)CC3)[S+](C)[O-])C2)C1. The second-order valence-corrected chi connectivity index (χ2v) is 12.3. The van der Waals surface area contributed by atoms with Gasteiger partial charge in [0.05, 0.1) is 12.6 Å². The molecule has 3 aliphatic rings. The zero-order chi connectivity index (χ0) is 26.9. The summed E-state index contributed by atoms with van der Waals surface area (Å²) in [6, 6.07) is 15.3. The maximum Gasteiger partial charge on any atom is 0.318 e. The molecule has 2 aromatic rings. The van der Waals surface area contributed by atoms with Gasteiger partial charge >= 0.3 is 6.03 Å². The van der Waals surface area contributed by atoms with Crippen molar-refractivity contribution < 1.29 is 14.1 Å². The summed E-state index contributed by atoms with van der Waals surface area (Å²) in [6.07, 6.45) is 8.64. The molecule has 38 heavy (non-hydrogen) atoms. The van der Waals surface area contributed by atoms with Crippen LogP contribution < -0.4 is 5.32 Å². The number of benzene rings is 2.